The Morgan fingerprint density at radius 1 is 1.39 bits per heavy atom. The topological polar surface area (TPSA) is 57.6 Å². The Kier molecular flexibility index (Phi) is 4.36. The molecule has 0 aliphatic heterocycles. The van der Waals surface area contributed by atoms with Gasteiger partial charge in [-0.3, -0.25) is 4.79 Å². The van der Waals surface area contributed by atoms with Crippen molar-refractivity contribution >= 4 is 12.4 Å². The van der Waals surface area contributed by atoms with E-state index in [1.54, 1.807) is 13.8 Å². The van der Waals surface area contributed by atoms with Crippen LogP contribution in [0.1, 0.15) is 25.5 Å². The number of halogens is 2. The zero-order valence-electron chi connectivity index (χ0n) is 9.93. The summed E-state index contributed by atoms with van der Waals surface area (Å²) in [4.78, 5) is 23.0. The first-order valence-electron chi connectivity index (χ1n) is 5.29. The van der Waals surface area contributed by atoms with Crippen molar-refractivity contribution in [3.05, 3.63) is 35.4 Å². The first kappa shape index (κ1) is 14.1. The lowest BCUT2D eigenvalue weighted by atomic mass is 10.0. The normalized spacial score (nSPS) is 12.3. The molecule has 0 radical (unpaired) electrons. The Morgan fingerprint density at radius 2 is 2.00 bits per heavy atom. The molecule has 0 saturated heterocycles. The Labute approximate surface area is 103 Å². The Bertz CT molecular complexity index is 463. The quantitative estimate of drug-likeness (QED) is 0.820. The predicted octanol–water partition coefficient (Wildman–Crippen LogP) is 1.96. The molecule has 1 aromatic carbocycles. The molecule has 0 aliphatic rings. The third kappa shape index (κ3) is 2.82. The number of amides is 1. The summed E-state index contributed by atoms with van der Waals surface area (Å²) in [6, 6.07) is 0.513. The number of hydrogen-bond acceptors (Lipinski definition) is 2. The maximum absolute atomic E-state index is 13.6. The van der Waals surface area contributed by atoms with Crippen molar-refractivity contribution in [2.24, 2.45) is 0 Å². The third-order valence-electron chi connectivity index (χ3n) is 2.50. The molecule has 0 heterocycles. The summed E-state index contributed by atoms with van der Waals surface area (Å²) < 4.78 is 26.6. The van der Waals surface area contributed by atoms with Crippen LogP contribution in [0.3, 0.4) is 0 Å². The molecule has 6 heteroatoms. The van der Waals surface area contributed by atoms with E-state index >= 15 is 0 Å². The minimum Gasteiger partial charge on any atom is -0.479 e. The average Bonchev–Trinajstić information content (AvgIpc) is 2.28. The first-order valence-corrected chi connectivity index (χ1v) is 5.29. The monoisotopic (exact) mass is 257 g/mol. The highest BCUT2D eigenvalue weighted by molar-refractivity contribution is 5.78. The summed E-state index contributed by atoms with van der Waals surface area (Å²) in [6.45, 7) is 3.17. The molecule has 0 bridgehead atoms. The van der Waals surface area contributed by atoms with Gasteiger partial charge in [0.25, 0.3) is 0 Å². The van der Waals surface area contributed by atoms with Crippen LogP contribution in [-0.4, -0.2) is 28.4 Å². The molecule has 18 heavy (non-hydrogen) atoms. The van der Waals surface area contributed by atoms with Crippen molar-refractivity contribution in [1.82, 2.24) is 4.90 Å². The average molecular weight is 257 g/mol. The highest BCUT2D eigenvalue weighted by Gasteiger charge is 2.31. The largest absolute Gasteiger partial charge is 0.479 e. The van der Waals surface area contributed by atoms with Crippen LogP contribution in [0.5, 0.6) is 0 Å². The molecule has 1 atom stereocenters. The second kappa shape index (κ2) is 5.57. The van der Waals surface area contributed by atoms with E-state index in [1.807, 2.05) is 0 Å². The summed E-state index contributed by atoms with van der Waals surface area (Å²) in [7, 11) is 0. The standard InChI is InChI=1S/C12H13F2NO3/c1-7(2)15(6-16)11(12(17)18)9-5-8(13)3-4-10(9)14/h3-7,11H,1-2H3,(H,17,18). The molecule has 1 amide bonds. The molecule has 4 nitrogen and oxygen atoms in total. The molecule has 0 saturated carbocycles. The minimum atomic E-state index is -1.54. The molecular formula is C12H13F2NO3. The first-order chi connectivity index (χ1) is 8.38. The number of nitrogens with zero attached hydrogens (tertiary/aromatic N) is 1. The molecule has 1 rings (SSSR count). The van der Waals surface area contributed by atoms with Crippen LogP contribution in [0.25, 0.3) is 0 Å². The number of carboxylic acid groups (broad SMARTS) is 1. The number of aliphatic carboxylic acids is 1. The van der Waals surface area contributed by atoms with Crippen molar-refractivity contribution < 1.29 is 23.5 Å². The van der Waals surface area contributed by atoms with Gasteiger partial charge in [0.1, 0.15) is 11.6 Å². The highest BCUT2D eigenvalue weighted by atomic mass is 19.1. The second-order valence-electron chi connectivity index (χ2n) is 4.05. The van der Waals surface area contributed by atoms with Gasteiger partial charge < -0.3 is 10.0 Å². The lowest BCUT2D eigenvalue weighted by Crippen LogP contribution is -2.38. The lowest BCUT2D eigenvalue weighted by molar-refractivity contribution is -0.148. The predicted molar refractivity (Wildman–Crippen MR) is 59.8 cm³/mol. The number of carbonyl (C=O) groups excluding carboxylic acids is 1. The fraction of sp³-hybridized carbons (Fsp3) is 0.333. The van der Waals surface area contributed by atoms with E-state index in [0.29, 0.717) is 6.41 Å². The van der Waals surface area contributed by atoms with Crippen LogP contribution in [0, 0.1) is 11.6 Å². The van der Waals surface area contributed by atoms with Crippen LogP contribution in [0.4, 0.5) is 8.78 Å². The summed E-state index contributed by atoms with van der Waals surface area (Å²) >= 11 is 0. The van der Waals surface area contributed by atoms with E-state index in [2.05, 4.69) is 0 Å². The smallest absolute Gasteiger partial charge is 0.331 e. The van der Waals surface area contributed by atoms with Crippen molar-refractivity contribution in [1.29, 1.82) is 0 Å². The van der Waals surface area contributed by atoms with Gasteiger partial charge in [0.2, 0.25) is 6.41 Å². The van der Waals surface area contributed by atoms with Crippen molar-refractivity contribution in [2.45, 2.75) is 25.9 Å². The van der Waals surface area contributed by atoms with Gasteiger partial charge in [0, 0.05) is 11.6 Å². The molecule has 0 aromatic heterocycles. The maximum Gasteiger partial charge on any atom is 0.331 e. The Balaban J connectivity index is 3.31. The number of carboxylic acids is 1. The van der Waals surface area contributed by atoms with Crippen LogP contribution in [0.15, 0.2) is 18.2 Å². The van der Waals surface area contributed by atoms with Crippen molar-refractivity contribution in [2.75, 3.05) is 0 Å². The summed E-state index contributed by atoms with van der Waals surface area (Å²) in [5.74, 6) is -3.04. The van der Waals surface area contributed by atoms with Gasteiger partial charge >= 0.3 is 5.97 Å². The summed E-state index contributed by atoms with van der Waals surface area (Å²) in [5.41, 5.74) is -0.372. The molecule has 0 fully saturated rings. The SMILES string of the molecule is CC(C)N(C=O)C(C(=O)O)c1cc(F)ccc1F. The summed E-state index contributed by atoms with van der Waals surface area (Å²) in [5, 5.41) is 9.10. The van der Waals surface area contributed by atoms with E-state index in [9.17, 15) is 18.4 Å². The van der Waals surface area contributed by atoms with Gasteiger partial charge in [-0.15, -0.1) is 0 Å². The number of rotatable bonds is 5. The van der Waals surface area contributed by atoms with E-state index < -0.39 is 29.7 Å². The fourth-order valence-electron chi connectivity index (χ4n) is 1.63. The van der Waals surface area contributed by atoms with Crippen LogP contribution in [0.2, 0.25) is 0 Å². The third-order valence-corrected chi connectivity index (χ3v) is 2.50. The molecule has 0 aliphatic carbocycles. The molecular weight excluding hydrogens is 244 g/mol. The Morgan fingerprint density at radius 3 is 2.44 bits per heavy atom. The maximum atomic E-state index is 13.6. The molecule has 1 N–H and O–H groups in total. The zero-order valence-corrected chi connectivity index (χ0v) is 9.93. The highest BCUT2D eigenvalue weighted by Crippen LogP contribution is 2.25. The lowest BCUT2D eigenvalue weighted by Gasteiger charge is -2.29. The van der Waals surface area contributed by atoms with Crippen molar-refractivity contribution in [3.63, 3.8) is 0 Å². The van der Waals surface area contributed by atoms with Gasteiger partial charge in [-0.1, -0.05) is 0 Å². The molecule has 1 aromatic rings. The van der Waals surface area contributed by atoms with E-state index in [4.69, 9.17) is 5.11 Å². The number of hydrogen-bond donors (Lipinski definition) is 1. The molecule has 98 valence electrons. The van der Waals surface area contributed by atoms with Gasteiger partial charge in [-0.25, -0.2) is 13.6 Å². The number of carbonyl (C=O) groups is 2. The second-order valence-corrected chi connectivity index (χ2v) is 4.05. The van der Waals surface area contributed by atoms with Gasteiger partial charge in [-0.2, -0.15) is 0 Å². The van der Waals surface area contributed by atoms with Gasteiger partial charge in [0.15, 0.2) is 6.04 Å². The van der Waals surface area contributed by atoms with Crippen molar-refractivity contribution in [3.8, 4) is 0 Å². The van der Waals surface area contributed by atoms with Crippen LogP contribution >= 0.6 is 0 Å². The van der Waals surface area contributed by atoms with Gasteiger partial charge in [0.05, 0.1) is 0 Å². The summed E-state index contributed by atoms with van der Waals surface area (Å²) in [6.07, 6.45) is 0.313. The fourth-order valence-corrected chi connectivity index (χ4v) is 1.63. The van der Waals surface area contributed by atoms with Crippen LogP contribution < -0.4 is 0 Å². The van der Waals surface area contributed by atoms with E-state index in [-0.39, 0.29) is 5.56 Å². The van der Waals surface area contributed by atoms with E-state index in [1.165, 1.54) is 0 Å². The minimum absolute atomic E-state index is 0.313. The molecule has 1 unspecified atom stereocenters. The number of benzene rings is 1. The zero-order chi connectivity index (χ0) is 13.9. The Hall–Kier alpha value is -1.98. The van der Waals surface area contributed by atoms with Crippen LogP contribution in [-0.2, 0) is 9.59 Å². The molecule has 0 spiro atoms. The van der Waals surface area contributed by atoms with Gasteiger partial charge in [-0.05, 0) is 32.0 Å². The van der Waals surface area contributed by atoms with E-state index in [0.717, 1.165) is 23.1 Å².